The van der Waals surface area contributed by atoms with Crippen LogP contribution in [0.2, 0.25) is 0 Å². The molecule has 6 nitrogen and oxygen atoms in total. The van der Waals surface area contributed by atoms with E-state index in [1.54, 1.807) is 6.26 Å². The highest BCUT2D eigenvalue weighted by molar-refractivity contribution is 7.99. The third-order valence-corrected chi connectivity index (χ3v) is 4.87. The molecule has 1 unspecified atom stereocenters. The fourth-order valence-electron chi connectivity index (χ4n) is 2.28. The number of nitrogens with zero attached hydrogens (tertiary/aromatic N) is 3. The zero-order chi connectivity index (χ0) is 17.5. The van der Waals surface area contributed by atoms with Crippen molar-refractivity contribution in [3.63, 3.8) is 0 Å². The van der Waals surface area contributed by atoms with E-state index in [1.165, 1.54) is 11.8 Å². The van der Waals surface area contributed by atoms with Crippen molar-refractivity contribution in [2.45, 2.75) is 64.7 Å². The van der Waals surface area contributed by atoms with Crippen LogP contribution in [0.4, 0.5) is 0 Å². The van der Waals surface area contributed by atoms with E-state index in [0.29, 0.717) is 5.75 Å². The van der Waals surface area contributed by atoms with Gasteiger partial charge in [-0.2, -0.15) is 0 Å². The van der Waals surface area contributed by atoms with Crippen molar-refractivity contribution in [1.29, 1.82) is 0 Å². The Morgan fingerprint density at radius 1 is 1.42 bits per heavy atom. The van der Waals surface area contributed by atoms with Crippen molar-refractivity contribution in [3.8, 4) is 11.4 Å². The highest BCUT2D eigenvalue weighted by Crippen LogP contribution is 2.27. The van der Waals surface area contributed by atoms with Crippen molar-refractivity contribution in [1.82, 2.24) is 20.1 Å². The van der Waals surface area contributed by atoms with E-state index < -0.39 is 0 Å². The van der Waals surface area contributed by atoms with E-state index >= 15 is 0 Å². The molecule has 0 spiro atoms. The van der Waals surface area contributed by atoms with Crippen LogP contribution < -0.4 is 5.32 Å². The van der Waals surface area contributed by atoms with E-state index in [-0.39, 0.29) is 11.9 Å². The van der Waals surface area contributed by atoms with Crippen LogP contribution >= 0.6 is 11.8 Å². The topological polar surface area (TPSA) is 73.0 Å². The first kappa shape index (κ1) is 18.6. The van der Waals surface area contributed by atoms with Crippen LogP contribution in [0.5, 0.6) is 0 Å². The van der Waals surface area contributed by atoms with Crippen molar-refractivity contribution < 1.29 is 9.21 Å². The monoisotopic (exact) mass is 350 g/mol. The zero-order valence-electron chi connectivity index (χ0n) is 14.8. The first-order valence-corrected chi connectivity index (χ1v) is 9.45. The van der Waals surface area contributed by atoms with E-state index in [4.69, 9.17) is 4.42 Å². The summed E-state index contributed by atoms with van der Waals surface area (Å²) < 4.78 is 7.48. The van der Waals surface area contributed by atoms with Crippen LogP contribution in [0.25, 0.3) is 11.4 Å². The largest absolute Gasteiger partial charge is 0.469 e. The van der Waals surface area contributed by atoms with Gasteiger partial charge in [0.1, 0.15) is 5.76 Å². The Labute approximate surface area is 147 Å². The van der Waals surface area contributed by atoms with Crippen LogP contribution in [0.3, 0.4) is 0 Å². The molecule has 24 heavy (non-hydrogen) atoms. The number of amides is 1. The maximum absolute atomic E-state index is 12.0. The summed E-state index contributed by atoms with van der Waals surface area (Å²) in [5, 5.41) is 12.4. The summed E-state index contributed by atoms with van der Waals surface area (Å²) in [6.45, 7) is 8.96. The third-order valence-electron chi connectivity index (χ3n) is 3.90. The molecule has 0 aliphatic rings. The average molecular weight is 350 g/mol. The fourth-order valence-corrected chi connectivity index (χ4v) is 3.05. The summed E-state index contributed by atoms with van der Waals surface area (Å²) in [7, 11) is 0. The van der Waals surface area contributed by atoms with Gasteiger partial charge in [0.05, 0.1) is 17.6 Å². The smallest absolute Gasteiger partial charge is 0.230 e. The molecule has 2 aromatic heterocycles. The maximum atomic E-state index is 12.0. The second kappa shape index (κ2) is 8.92. The van der Waals surface area contributed by atoms with Gasteiger partial charge in [0.25, 0.3) is 0 Å². The average Bonchev–Trinajstić information content (AvgIpc) is 3.16. The molecule has 0 radical (unpaired) electrons. The molecule has 2 heterocycles. The van der Waals surface area contributed by atoms with Crippen molar-refractivity contribution in [2.75, 3.05) is 5.75 Å². The van der Waals surface area contributed by atoms with E-state index in [9.17, 15) is 4.79 Å². The van der Waals surface area contributed by atoms with Gasteiger partial charge in [-0.3, -0.25) is 4.79 Å². The summed E-state index contributed by atoms with van der Waals surface area (Å²) in [6.07, 6.45) is 4.71. The van der Waals surface area contributed by atoms with E-state index in [1.807, 2.05) is 19.9 Å². The van der Waals surface area contributed by atoms with E-state index in [2.05, 4.69) is 33.9 Å². The molecule has 1 amide bonds. The lowest BCUT2D eigenvalue weighted by molar-refractivity contribution is -0.119. The maximum Gasteiger partial charge on any atom is 0.230 e. The second-order valence-electron chi connectivity index (χ2n) is 5.87. The molecule has 2 rings (SSSR count). The Balaban J connectivity index is 2.13. The number of nitrogens with one attached hydrogen (secondary N) is 1. The lowest BCUT2D eigenvalue weighted by Gasteiger charge is -2.12. The van der Waals surface area contributed by atoms with Crippen LogP contribution in [0.1, 0.15) is 45.8 Å². The Bertz CT molecular complexity index is 665. The molecule has 7 heteroatoms. The fraction of sp³-hybridized carbons (Fsp3) is 0.588. The predicted molar refractivity (Wildman–Crippen MR) is 96.0 cm³/mol. The Hall–Kier alpha value is -1.76. The molecule has 1 atom stereocenters. The lowest BCUT2D eigenvalue weighted by atomic mass is 10.2. The Morgan fingerprint density at radius 3 is 2.83 bits per heavy atom. The highest BCUT2D eigenvalue weighted by Gasteiger charge is 2.18. The molecule has 0 saturated carbocycles. The zero-order valence-corrected chi connectivity index (χ0v) is 15.7. The number of unbranched alkanes of at least 4 members (excludes halogenated alkanes) is 1. The number of furan rings is 1. The summed E-state index contributed by atoms with van der Waals surface area (Å²) in [4.78, 5) is 12.0. The second-order valence-corrected chi connectivity index (χ2v) is 6.81. The van der Waals surface area contributed by atoms with Crippen LogP contribution in [0, 0.1) is 6.92 Å². The first-order chi connectivity index (χ1) is 11.6. The van der Waals surface area contributed by atoms with Crippen LogP contribution in [-0.4, -0.2) is 32.5 Å². The van der Waals surface area contributed by atoms with Gasteiger partial charge in [0.15, 0.2) is 11.0 Å². The minimum atomic E-state index is 0.0282. The minimum absolute atomic E-state index is 0.0282. The van der Waals surface area contributed by atoms with Gasteiger partial charge in [0.2, 0.25) is 5.91 Å². The van der Waals surface area contributed by atoms with E-state index in [0.717, 1.165) is 48.1 Å². The number of thioether (sulfide) groups is 1. The molecular weight excluding hydrogens is 324 g/mol. The molecule has 132 valence electrons. The lowest BCUT2D eigenvalue weighted by Crippen LogP contribution is -2.33. The number of rotatable bonds is 9. The van der Waals surface area contributed by atoms with Gasteiger partial charge >= 0.3 is 0 Å². The predicted octanol–water partition coefficient (Wildman–Crippen LogP) is 3.65. The summed E-state index contributed by atoms with van der Waals surface area (Å²) >= 11 is 1.43. The molecular formula is C17H26N4O2S. The molecule has 1 N–H and O–H groups in total. The number of hydrogen-bond acceptors (Lipinski definition) is 5. The van der Waals surface area contributed by atoms with Crippen molar-refractivity contribution in [3.05, 3.63) is 18.1 Å². The van der Waals surface area contributed by atoms with Gasteiger partial charge in [-0.25, -0.2) is 0 Å². The third kappa shape index (κ3) is 4.63. The SMILES string of the molecule is CCCCn1c(SCC(=O)NC(C)CC)nnc1-c1ccoc1C. The van der Waals surface area contributed by atoms with Gasteiger partial charge in [-0.15, -0.1) is 10.2 Å². The van der Waals surface area contributed by atoms with Gasteiger partial charge in [-0.05, 0) is 32.8 Å². The van der Waals surface area contributed by atoms with Gasteiger partial charge < -0.3 is 14.3 Å². The molecule has 0 aliphatic heterocycles. The Kier molecular flexibility index (Phi) is 6.90. The standard InChI is InChI=1S/C17H26N4O2S/c1-5-7-9-21-16(14-8-10-23-13(14)4)19-20-17(21)24-11-15(22)18-12(3)6-2/h8,10,12H,5-7,9,11H2,1-4H3,(H,18,22). The molecule has 0 aliphatic carbocycles. The van der Waals surface area contributed by atoms with Gasteiger partial charge in [0, 0.05) is 12.6 Å². The number of carbonyl (C=O) groups excluding carboxylic acids is 1. The Morgan fingerprint density at radius 2 is 2.21 bits per heavy atom. The molecule has 0 bridgehead atoms. The molecule has 2 aromatic rings. The molecule has 0 saturated heterocycles. The summed E-state index contributed by atoms with van der Waals surface area (Å²) in [5.74, 6) is 2.00. The molecule has 0 fully saturated rings. The van der Waals surface area contributed by atoms with Gasteiger partial charge in [-0.1, -0.05) is 32.0 Å². The number of aromatic nitrogens is 3. The minimum Gasteiger partial charge on any atom is -0.469 e. The van der Waals surface area contributed by atoms with Crippen LogP contribution in [0.15, 0.2) is 21.9 Å². The molecule has 0 aromatic carbocycles. The number of aryl methyl sites for hydroxylation is 1. The van der Waals surface area contributed by atoms with Crippen molar-refractivity contribution >= 4 is 17.7 Å². The van der Waals surface area contributed by atoms with Crippen LogP contribution in [-0.2, 0) is 11.3 Å². The quantitative estimate of drug-likeness (QED) is 0.699. The number of carbonyl (C=O) groups is 1. The number of hydrogen-bond donors (Lipinski definition) is 1. The first-order valence-electron chi connectivity index (χ1n) is 8.46. The summed E-state index contributed by atoms with van der Waals surface area (Å²) in [5.41, 5.74) is 0.953. The summed E-state index contributed by atoms with van der Waals surface area (Å²) in [6, 6.07) is 2.10. The highest BCUT2D eigenvalue weighted by atomic mass is 32.2. The normalized spacial score (nSPS) is 12.3. The van der Waals surface area contributed by atoms with Crippen molar-refractivity contribution in [2.24, 2.45) is 0 Å².